The Bertz CT molecular complexity index is 931. The number of rotatable bonds is 3. The third-order valence-corrected chi connectivity index (χ3v) is 5.06. The predicted molar refractivity (Wildman–Crippen MR) is 95.6 cm³/mol. The molecule has 26 heavy (non-hydrogen) atoms. The van der Waals surface area contributed by atoms with Gasteiger partial charge in [-0.3, -0.25) is 9.36 Å². The summed E-state index contributed by atoms with van der Waals surface area (Å²) in [6, 6.07) is 3.94. The largest absolute Gasteiger partial charge is 0.339 e. The lowest BCUT2D eigenvalue weighted by Gasteiger charge is -2.31. The van der Waals surface area contributed by atoms with Crippen molar-refractivity contribution in [1.82, 2.24) is 24.4 Å². The number of amides is 1. The summed E-state index contributed by atoms with van der Waals surface area (Å²) in [5.74, 6) is -0.253. The Morgan fingerprint density at radius 1 is 1.19 bits per heavy atom. The van der Waals surface area contributed by atoms with Crippen molar-refractivity contribution in [1.29, 1.82) is 0 Å². The van der Waals surface area contributed by atoms with Crippen molar-refractivity contribution in [2.75, 3.05) is 7.05 Å². The van der Waals surface area contributed by atoms with Gasteiger partial charge in [-0.05, 0) is 25.0 Å². The van der Waals surface area contributed by atoms with Crippen LogP contribution in [-0.4, -0.2) is 43.4 Å². The lowest BCUT2D eigenvalue weighted by atomic mass is 9.94. The summed E-state index contributed by atoms with van der Waals surface area (Å²) in [5, 5.41) is 0.744. The third kappa shape index (κ3) is 2.94. The van der Waals surface area contributed by atoms with E-state index in [0.29, 0.717) is 11.2 Å². The van der Waals surface area contributed by atoms with Crippen LogP contribution in [0, 0.1) is 5.82 Å². The number of carbonyl (C=O) groups excluding carboxylic acids is 1. The van der Waals surface area contributed by atoms with E-state index in [1.54, 1.807) is 23.0 Å². The number of carbonyl (C=O) groups is 1. The SMILES string of the molecule is CN(C(=O)c1cn(-c2ncc(F)cn2)c2ncccc12)C1CCCCC1. The molecule has 0 aliphatic heterocycles. The number of pyridine rings is 1. The summed E-state index contributed by atoms with van der Waals surface area (Å²) in [7, 11) is 1.87. The van der Waals surface area contributed by atoms with Gasteiger partial charge in [0.2, 0.25) is 5.95 Å². The zero-order valence-corrected chi connectivity index (χ0v) is 14.6. The van der Waals surface area contributed by atoms with Gasteiger partial charge in [-0.15, -0.1) is 0 Å². The lowest BCUT2D eigenvalue weighted by Crippen LogP contribution is -2.38. The van der Waals surface area contributed by atoms with E-state index >= 15 is 0 Å². The van der Waals surface area contributed by atoms with Gasteiger partial charge in [0.15, 0.2) is 5.82 Å². The molecule has 1 aliphatic rings. The topological polar surface area (TPSA) is 63.9 Å². The van der Waals surface area contributed by atoms with E-state index in [0.717, 1.165) is 43.5 Å². The Labute approximate surface area is 150 Å². The van der Waals surface area contributed by atoms with Crippen molar-refractivity contribution in [3.63, 3.8) is 0 Å². The molecule has 0 unspecified atom stereocenters. The average molecular weight is 353 g/mol. The Balaban J connectivity index is 1.75. The molecule has 1 aliphatic carbocycles. The zero-order valence-electron chi connectivity index (χ0n) is 14.6. The minimum Gasteiger partial charge on any atom is -0.339 e. The molecular formula is C19H20FN5O. The van der Waals surface area contributed by atoms with Gasteiger partial charge < -0.3 is 4.90 Å². The van der Waals surface area contributed by atoms with Crippen molar-refractivity contribution >= 4 is 16.9 Å². The smallest absolute Gasteiger partial charge is 0.256 e. The standard InChI is InChI=1S/C19H20FN5O/c1-24(14-6-3-2-4-7-14)18(26)16-12-25(17-15(16)8-5-9-21-17)19-22-10-13(20)11-23-19/h5,8-12,14H,2-4,6-7H2,1H3. The maximum atomic E-state index is 13.2. The van der Waals surface area contributed by atoms with Crippen molar-refractivity contribution < 1.29 is 9.18 Å². The van der Waals surface area contributed by atoms with E-state index in [1.165, 1.54) is 6.42 Å². The Morgan fingerprint density at radius 2 is 1.92 bits per heavy atom. The second-order valence-electron chi connectivity index (χ2n) is 6.70. The van der Waals surface area contributed by atoms with Gasteiger partial charge in [-0.25, -0.2) is 19.3 Å². The summed E-state index contributed by atoms with van der Waals surface area (Å²) in [5.41, 5.74) is 1.15. The molecule has 0 bridgehead atoms. The number of hydrogen-bond acceptors (Lipinski definition) is 4. The number of fused-ring (bicyclic) bond motifs is 1. The molecule has 0 spiro atoms. The number of nitrogens with zero attached hydrogens (tertiary/aromatic N) is 5. The first-order chi connectivity index (χ1) is 12.6. The van der Waals surface area contributed by atoms with Gasteiger partial charge in [-0.1, -0.05) is 19.3 Å². The van der Waals surface area contributed by atoms with Gasteiger partial charge in [0.05, 0.1) is 18.0 Å². The molecule has 7 heteroatoms. The molecule has 1 amide bonds. The van der Waals surface area contributed by atoms with Crippen molar-refractivity contribution in [3.05, 3.63) is 48.3 Å². The fraction of sp³-hybridized carbons (Fsp3) is 0.368. The van der Waals surface area contributed by atoms with Gasteiger partial charge in [0, 0.05) is 30.9 Å². The van der Waals surface area contributed by atoms with Crippen LogP contribution >= 0.6 is 0 Å². The van der Waals surface area contributed by atoms with Crippen LogP contribution in [0.5, 0.6) is 0 Å². The zero-order chi connectivity index (χ0) is 18.1. The normalized spacial score (nSPS) is 15.3. The molecule has 0 radical (unpaired) electrons. The monoisotopic (exact) mass is 353 g/mol. The van der Waals surface area contributed by atoms with E-state index in [-0.39, 0.29) is 17.9 Å². The summed E-state index contributed by atoms with van der Waals surface area (Å²) in [6.45, 7) is 0. The minimum atomic E-state index is -0.508. The van der Waals surface area contributed by atoms with Gasteiger partial charge in [0.25, 0.3) is 5.91 Å². The highest BCUT2D eigenvalue weighted by Crippen LogP contribution is 2.26. The van der Waals surface area contributed by atoms with Crippen LogP contribution in [-0.2, 0) is 0 Å². The van der Waals surface area contributed by atoms with E-state index in [4.69, 9.17) is 0 Å². The van der Waals surface area contributed by atoms with Crippen molar-refractivity contribution in [2.45, 2.75) is 38.1 Å². The fourth-order valence-corrected chi connectivity index (χ4v) is 3.64. The fourth-order valence-electron chi connectivity index (χ4n) is 3.64. The van der Waals surface area contributed by atoms with Crippen LogP contribution in [0.3, 0.4) is 0 Å². The van der Waals surface area contributed by atoms with Crippen molar-refractivity contribution in [3.8, 4) is 5.95 Å². The quantitative estimate of drug-likeness (QED) is 0.724. The summed E-state index contributed by atoms with van der Waals surface area (Å²) >= 11 is 0. The highest BCUT2D eigenvalue weighted by Gasteiger charge is 2.26. The lowest BCUT2D eigenvalue weighted by molar-refractivity contribution is 0.0698. The van der Waals surface area contributed by atoms with Crippen LogP contribution in [0.25, 0.3) is 17.0 Å². The maximum absolute atomic E-state index is 13.2. The first-order valence-corrected chi connectivity index (χ1v) is 8.86. The Morgan fingerprint density at radius 3 is 2.65 bits per heavy atom. The molecule has 0 atom stereocenters. The third-order valence-electron chi connectivity index (χ3n) is 5.06. The summed E-state index contributed by atoms with van der Waals surface area (Å²) in [6.07, 6.45) is 11.2. The Hall–Kier alpha value is -2.83. The molecular weight excluding hydrogens is 333 g/mol. The van der Waals surface area contributed by atoms with E-state index < -0.39 is 5.82 Å². The molecule has 134 valence electrons. The van der Waals surface area contributed by atoms with Crippen LogP contribution < -0.4 is 0 Å². The molecule has 0 N–H and O–H groups in total. The molecule has 3 heterocycles. The van der Waals surface area contributed by atoms with Crippen LogP contribution in [0.4, 0.5) is 4.39 Å². The first kappa shape index (κ1) is 16.6. The Kier molecular flexibility index (Phi) is 4.36. The minimum absolute atomic E-state index is 0.0317. The first-order valence-electron chi connectivity index (χ1n) is 8.86. The van der Waals surface area contributed by atoms with Crippen LogP contribution in [0.1, 0.15) is 42.5 Å². The van der Waals surface area contributed by atoms with Gasteiger partial charge in [-0.2, -0.15) is 0 Å². The number of hydrogen-bond donors (Lipinski definition) is 0. The average Bonchev–Trinajstić information content (AvgIpc) is 3.08. The molecule has 1 saturated carbocycles. The van der Waals surface area contributed by atoms with Gasteiger partial charge in [0.1, 0.15) is 5.65 Å². The molecule has 0 aromatic carbocycles. The number of aromatic nitrogens is 4. The van der Waals surface area contributed by atoms with Crippen LogP contribution in [0.15, 0.2) is 36.9 Å². The van der Waals surface area contributed by atoms with E-state index in [2.05, 4.69) is 15.0 Å². The van der Waals surface area contributed by atoms with Crippen molar-refractivity contribution in [2.24, 2.45) is 0 Å². The van der Waals surface area contributed by atoms with Gasteiger partial charge >= 0.3 is 0 Å². The molecule has 4 rings (SSSR count). The van der Waals surface area contributed by atoms with E-state index in [1.807, 2.05) is 18.0 Å². The highest BCUT2D eigenvalue weighted by atomic mass is 19.1. The van der Waals surface area contributed by atoms with E-state index in [9.17, 15) is 9.18 Å². The summed E-state index contributed by atoms with van der Waals surface area (Å²) in [4.78, 5) is 27.4. The number of halogens is 1. The maximum Gasteiger partial charge on any atom is 0.256 e. The molecule has 3 aromatic heterocycles. The molecule has 0 saturated heterocycles. The molecule has 1 fully saturated rings. The molecule has 6 nitrogen and oxygen atoms in total. The predicted octanol–water partition coefficient (Wildman–Crippen LogP) is 3.36. The second-order valence-corrected chi connectivity index (χ2v) is 6.70. The second kappa shape index (κ2) is 6.82. The summed E-state index contributed by atoms with van der Waals surface area (Å²) < 4.78 is 14.8. The molecule has 3 aromatic rings. The highest BCUT2D eigenvalue weighted by molar-refractivity contribution is 6.06. The van der Waals surface area contributed by atoms with Crippen LogP contribution in [0.2, 0.25) is 0 Å².